The molecule has 0 aliphatic carbocycles. The molecular formula is C22H38O8Sn. The van der Waals surface area contributed by atoms with E-state index in [2.05, 4.69) is 41.5 Å². The number of rotatable bonds is 10. The van der Waals surface area contributed by atoms with Crippen molar-refractivity contribution in [3.8, 4) is 0 Å². The summed E-state index contributed by atoms with van der Waals surface area (Å²) in [5, 5.41) is 40.0. The Morgan fingerprint density at radius 1 is 0.645 bits per heavy atom. The molecule has 9 heteroatoms. The molecule has 6 radical (unpaired) electrons. The van der Waals surface area contributed by atoms with E-state index in [0.717, 1.165) is 0 Å². The third-order valence-electron chi connectivity index (χ3n) is 3.59. The van der Waals surface area contributed by atoms with Crippen LogP contribution in [-0.2, 0) is 19.2 Å². The third-order valence-corrected chi connectivity index (χ3v) is 7.87. The third kappa shape index (κ3) is 33.5. The molecule has 0 aromatic rings. The summed E-state index contributed by atoms with van der Waals surface area (Å²) in [5.41, 5.74) is 0. The Morgan fingerprint density at radius 2 is 0.903 bits per heavy atom. The molecule has 0 rings (SSSR count). The van der Waals surface area contributed by atoms with Gasteiger partial charge >= 0.3 is 69.5 Å². The Bertz CT molecular complexity index is 499. The van der Waals surface area contributed by atoms with E-state index >= 15 is 0 Å². The number of carboxylic acid groups (broad SMARTS) is 4. The average molecular weight is 549 g/mol. The first kappa shape index (κ1) is 34.3. The average Bonchev–Trinajstić information content (AvgIpc) is 2.51. The van der Waals surface area contributed by atoms with E-state index in [1.165, 1.54) is 13.8 Å². The van der Waals surface area contributed by atoms with Gasteiger partial charge in [-0.1, -0.05) is 13.8 Å². The summed E-state index contributed by atoms with van der Waals surface area (Å²) in [5.74, 6) is -5.71. The molecule has 0 aromatic heterocycles. The molecule has 2 unspecified atom stereocenters. The fraction of sp³-hybridized carbons (Fsp3) is 0.818. The molecule has 178 valence electrons. The number of carbonyl (C=O) groups is 4. The first-order chi connectivity index (χ1) is 13.8. The molecule has 0 fully saturated rings. The zero-order chi connectivity index (χ0) is 25.4. The summed E-state index contributed by atoms with van der Waals surface area (Å²) < 4.78 is 1.31. The maximum absolute atomic E-state index is 10.1. The molecule has 0 aromatic carbocycles. The van der Waals surface area contributed by atoms with Crippen molar-refractivity contribution in [1.82, 2.24) is 0 Å². The number of carbonyl (C=O) groups excluding carboxylic acids is 4. The van der Waals surface area contributed by atoms with Crippen LogP contribution in [0.2, 0.25) is 6.86 Å². The normalized spacial score (nSPS) is 12.9. The van der Waals surface area contributed by atoms with Crippen molar-refractivity contribution in [3.63, 3.8) is 0 Å². The molecular weight excluding hydrogens is 511 g/mol. The van der Waals surface area contributed by atoms with Gasteiger partial charge in [0.15, 0.2) is 0 Å². The Kier molecular flexibility index (Phi) is 19.1. The summed E-state index contributed by atoms with van der Waals surface area (Å²) in [6.07, 6.45) is 1.15. The van der Waals surface area contributed by atoms with Gasteiger partial charge in [-0.05, 0) is 50.4 Å². The van der Waals surface area contributed by atoms with Gasteiger partial charge in [-0.15, -0.1) is 0 Å². The minimum atomic E-state index is -1.14. The van der Waals surface area contributed by atoms with Crippen LogP contribution in [0.25, 0.3) is 0 Å². The van der Waals surface area contributed by atoms with Gasteiger partial charge in [-0.25, -0.2) is 0 Å². The summed E-state index contributed by atoms with van der Waals surface area (Å²) in [7, 11) is 0. The van der Waals surface area contributed by atoms with Crippen molar-refractivity contribution in [2.45, 2.75) is 101 Å². The zero-order valence-electron chi connectivity index (χ0n) is 20.2. The predicted molar refractivity (Wildman–Crippen MR) is 111 cm³/mol. The molecule has 2 atom stereocenters. The van der Waals surface area contributed by atoms with E-state index in [0.29, 0.717) is 32.5 Å². The summed E-state index contributed by atoms with van der Waals surface area (Å²) in [4.78, 5) is 40.0. The van der Waals surface area contributed by atoms with Gasteiger partial charge in [0.1, 0.15) is 0 Å². The molecule has 0 saturated heterocycles. The van der Waals surface area contributed by atoms with E-state index in [4.69, 9.17) is 0 Å². The van der Waals surface area contributed by atoms with Crippen LogP contribution in [0.4, 0.5) is 0 Å². The predicted octanol–water partition coefficient (Wildman–Crippen LogP) is -0.287. The number of carboxylic acids is 4. The van der Waals surface area contributed by atoms with Gasteiger partial charge < -0.3 is 39.6 Å². The second kappa shape index (κ2) is 17.3. The molecule has 0 bridgehead atoms. The Morgan fingerprint density at radius 3 is 1.03 bits per heavy atom. The second-order valence-electron chi connectivity index (χ2n) is 9.59. The van der Waals surface area contributed by atoms with Crippen LogP contribution in [-0.4, -0.2) is 45.0 Å². The van der Waals surface area contributed by atoms with Crippen LogP contribution in [0, 0.1) is 11.8 Å². The SMILES string of the molecule is CC(CCCC(=O)[O-])C(=O)[O-].CC(CCCC(=O)[O-])C(=O)[O-].C[C](C)(C)[Sn+4][C](C)(C)C. The molecule has 0 aliphatic rings. The molecule has 0 N–H and O–H groups in total. The topological polar surface area (TPSA) is 161 Å². The molecule has 0 aliphatic heterocycles. The van der Waals surface area contributed by atoms with Crippen LogP contribution in [0.3, 0.4) is 0 Å². The molecule has 0 spiro atoms. The van der Waals surface area contributed by atoms with Crippen molar-refractivity contribution in [2.75, 3.05) is 0 Å². The Hall–Kier alpha value is -1.32. The van der Waals surface area contributed by atoms with E-state index < -0.39 is 35.7 Å². The van der Waals surface area contributed by atoms with Gasteiger partial charge in [-0.2, -0.15) is 0 Å². The van der Waals surface area contributed by atoms with E-state index in [1.54, 1.807) is 0 Å². The fourth-order valence-corrected chi connectivity index (χ4v) is 8.89. The van der Waals surface area contributed by atoms with Gasteiger partial charge in [-0.3, -0.25) is 0 Å². The van der Waals surface area contributed by atoms with Crippen LogP contribution in [0.1, 0.15) is 93.9 Å². The van der Waals surface area contributed by atoms with Gasteiger partial charge in [0.2, 0.25) is 0 Å². The van der Waals surface area contributed by atoms with Gasteiger partial charge in [0, 0.05) is 23.9 Å². The van der Waals surface area contributed by atoms with Crippen molar-refractivity contribution >= 4 is 45.0 Å². The maximum atomic E-state index is 10.1. The van der Waals surface area contributed by atoms with Crippen LogP contribution < -0.4 is 20.4 Å². The molecule has 0 heterocycles. The fourth-order valence-electron chi connectivity index (χ4n) is 2.47. The quantitative estimate of drug-likeness (QED) is 0.336. The monoisotopic (exact) mass is 550 g/mol. The number of aliphatic carboxylic acids is 4. The van der Waals surface area contributed by atoms with E-state index in [1.807, 2.05) is 0 Å². The summed E-state index contributed by atoms with van der Waals surface area (Å²) in [6.45, 7) is 17.2. The van der Waals surface area contributed by atoms with E-state index in [-0.39, 0.29) is 34.0 Å². The van der Waals surface area contributed by atoms with Crippen LogP contribution in [0.15, 0.2) is 0 Å². The van der Waals surface area contributed by atoms with Gasteiger partial charge in [0.05, 0.1) is 0 Å². The van der Waals surface area contributed by atoms with Crippen LogP contribution in [0.5, 0.6) is 0 Å². The number of hydrogen-bond acceptors (Lipinski definition) is 8. The summed E-state index contributed by atoms with van der Waals surface area (Å²) >= 11 is -0.182. The minimum absolute atomic E-state index is 0.0857. The van der Waals surface area contributed by atoms with Crippen LogP contribution >= 0.6 is 0 Å². The van der Waals surface area contributed by atoms with Crippen molar-refractivity contribution < 1.29 is 39.6 Å². The van der Waals surface area contributed by atoms with Crippen molar-refractivity contribution in [2.24, 2.45) is 11.8 Å². The van der Waals surface area contributed by atoms with Crippen molar-refractivity contribution in [3.05, 3.63) is 0 Å². The Balaban J connectivity index is -0.000000382. The second-order valence-corrected chi connectivity index (χ2v) is 18.9. The zero-order valence-corrected chi connectivity index (χ0v) is 23.0. The summed E-state index contributed by atoms with van der Waals surface area (Å²) in [6, 6.07) is 0. The van der Waals surface area contributed by atoms with Gasteiger partial charge in [0.25, 0.3) is 0 Å². The molecule has 0 amide bonds. The standard InChI is InChI=1S/2C7H12O4.2C4H9.Sn/c2*1-5(7(10)11)3-2-4-6(8)9;2*1-4(2)3;/h2*5H,2-4H2,1H3,(H,8,9)(H,10,11);2*1-3H3;/q;;;;+4/p-4. The van der Waals surface area contributed by atoms with Crippen molar-refractivity contribution in [1.29, 1.82) is 0 Å². The van der Waals surface area contributed by atoms with E-state index in [9.17, 15) is 39.6 Å². The Labute approximate surface area is 197 Å². The first-order valence-corrected chi connectivity index (χ1v) is 13.2. The molecule has 8 nitrogen and oxygen atoms in total. The number of hydrogen-bond donors (Lipinski definition) is 0. The molecule has 0 saturated carbocycles. The first-order valence-electron chi connectivity index (χ1n) is 10.4. The molecule has 31 heavy (non-hydrogen) atoms.